The van der Waals surface area contributed by atoms with E-state index < -0.39 is 0 Å². The van der Waals surface area contributed by atoms with Crippen molar-refractivity contribution >= 4 is 28.3 Å². The van der Waals surface area contributed by atoms with Gasteiger partial charge in [-0.3, -0.25) is 14.8 Å². The summed E-state index contributed by atoms with van der Waals surface area (Å²) in [5, 5.41) is 1.51. The van der Waals surface area contributed by atoms with Crippen molar-refractivity contribution in [2.24, 2.45) is 11.3 Å². The molecule has 5 heteroatoms. The molecular formula is C24H22ClFN2O. The number of rotatable bonds is 4. The predicted molar refractivity (Wildman–Crippen MR) is 111 cm³/mol. The molecule has 2 aliphatic rings. The molecule has 2 aliphatic carbocycles. The zero-order valence-electron chi connectivity index (χ0n) is 16.1. The summed E-state index contributed by atoms with van der Waals surface area (Å²) in [6.45, 7) is 0. The SMILES string of the molecule is O=C(Cc1ccc(Cl)cn1)C1CC12CCC(c1ccnc3ccc(F)cc13)CC2. The van der Waals surface area contributed by atoms with Crippen LogP contribution < -0.4 is 0 Å². The van der Waals surface area contributed by atoms with Crippen molar-refractivity contribution in [2.75, 3.05) is 0 Å². The highest BCUT2D eigenvalue weighted by Gasteiger charge is 2.57. The van der Waals surface area contributed by atoms with Crippen molar-refractivity contribution in [1.82, 2.24) is 9.97 Å². The van der Waals surface area contributed by atoms with Crippen LogP contribution in [0.3, 0.4) is 0 Å². The molecular weight excluding hydrogens is 387 g/mol. The first kappa shape index (κ1) is 18.7. The van der Waals surface area contributed by atoms with E-state index in [0.29, 0.717) is 23.1 Å². The average Bonchev–Trinajstić information content (AvgIpc) is 3.43. The Bertz CT molecular complexity index is 1070. The second kappa shape index (κ2) is 7.17. The fourth-order valence-electron chi connectivity index (χ4n) is 5.17. The third kappa shape index (κ3) is 3.55. The second-order valence-electron chi connectivity index (χ2n) is 8.57. The minimum atomic E-state index is -0.220. The number of Topliss-reactive ketones (excluding diaryl/α,β-unsaturated/α-hetero) is 1. The van der Waals surface area contributed by atoms with Gasteiger partial charge in [0.25, 0.3) is 0 Å². The van der Waals surface area contributed by atoms with Gasteiger partial charge < -0.3 is 0 Å². The number of halogens is 2. The number of ketones is 1. The van der Waals surface area contributed by atoms with Crippen LogP contribution in [0.15, 0.2) is 48.8 Å². The molecule has 2 fully saturated rings. The maximum atomic E-state index is 13.8. The highest BCUT2D eigenvalue weighted by Crippen LogP contribution is 2.63. The van der Waals surface area contributed by atoms with Gasteiger partial charge in [0, 0.05) is 35.8 Å². The summed E-state index contributed by atoms with van der Waals surface area (Å²) >= 11 is 5.88. The van der Waals surface area contributed by atoms with E-state index in [0.717, 1.165) is 48.7 Å². The van der Waals surface area contributed by atoms with Crippen LogP contribution in [0.2, 0.25) is 5.02 Å². The molecule has 0 radical (unpaired) electrons. The lowest BCUT2D eigenvalue weighted by Gasteiger charge is -2.30. The van der Waals surface area contributed by atoms with Crippen molar-refractivity contribution in [3.63, 3.8) is 0 Å². The number of fused-ring (bicyclic) bond motifs is 1. The lowest BCUT2D eigenvalue weighted by atomic mass is 9.74. The molecule has 0 amide bonds. The fourth-order valence-corrected chi connectivity index (χ4v) is 5.28. The molecule has 0 aliphatic heterocycles. The Balaban J connectivity index is 1.26. The summed E-state index contributed by atoms with van der Waals surface area (Å²) < 4.78 is 13.8. The third-order valence-electron chi connectivity index (χ3n) is 6.88. The van der Waals surface area contributed by atoms with Gasteiger partial charge in [-0.1, -0.05) is 11.6 Å². The topological polar surface area (TPSA) is 42.9 Å². The Hall–Kier alpha value is -2.33. The molecule has 2 aromatic heterocycles. The van der Waals surface area contributed by atoms with Gasteiger partial charge in [-0.25, -0.2) is 4.39 Å². The maximum Gasteiger partial charge on any atom is 0.142 e. The fraction of sp³-hybridized carbons (Fsp3) is 0.375. The van der Waals surface area contributed by atoms with Crippen molar-refractivity contribution < 1.29 is 9.18 Å². The quantitative estimate of drug-likeness (QED) is 0.539. The van der Waals surface area contributed by atoms with Gasteiger partial charge in [-0.2, -0.15) is 0 Å². The number of carbonyl (C=O) groups is 1. The van der Waals surface area contributed by atoms with Gasteiger partial charge >= 0.3 is 0 Å². The van der Waals surface area contributed by atoms with Gasteiger partial charge in [0.1, 0.15) is 11.6 Å². The summed E-state index contributed by atoms with van der Waals surface area (Å²) in [6, 6.07) is 10.5. The van der Waals surface area contributed by atoms with Crippen LogP contribution in [0, 0.1) is 17.2 Å². The molecule has 0 N–H and O–H groups in total. The van der Waals surface area contributed by atoms with E-state index in [2.05, 4.69) is 9.97 Å². The summed E-state index contributed by atoms with van der Waals surface area (Å²) in [5.41, 5.74) is 3.01. The van der Waals surface area contributed by atoms with E-state index in [1.165, 1.54) is 11.6 Å². The van der Waals surface area contributed by atoms with Crippen LogP contribution in [-0.4, -0.2) is 15.8 Å². The van der Waals surface area contributed by atoms with Crippen LogP contribution in [-0.2, 0) is 11.2 Å². The van der Waals surface area contributed by atoms with Crippen molar-refractivity contribution in [1.29, 1.82) is 0 Å². The molecule has 29 heavy (non-hydrogen) atoms. The van der Waals surface area contributed by atoms with Gasteiger partial charge in [0.2, 0.25) is 0 Å². The summed E-state index contributed by atoms with van der Waals surface area (Å²) in [5.74, 6) is 0.646. The lowest BCUT2D eigenvalue weighted by Crippen LogP contribution is -2.20. The molecule has 0 bridgehead atoms. The molecule has 1 spiro atoms. The van der Waals surface area contributed by atoms with Crippen LogP contribution in [0.1, 0.15) is 49.3 Å². The summed E-state index contributed by atoms with van der Waals surface area (Å²) in [4.78, 5) is 21.4. The minimum Gasteiger partial charge on any atom is -0.299 e. The first-order valence-corrected chi connectivity index (χ1v) is 10.6. The van der Waals surface area contributed by atoms with E-state index in [1.54, 1.807) is 24.4 Å². The highest BCUT2D eigenvalue weighted by atomic mass is 35.5. The van der Waals surface area contributed by atoms with Gasteiger partial charge in [-0.05, 0) is 85.4 Å². The van der Waals surface area contributed by atoms with Gasteiger partial charge in [-0.15, -0.1) is 0 Å². The number of benzene rings is 1. The molecule has 2 saturated carbocycles. The maximum absolute atomic E-state index is 13.8. The number of hydrogen-bond donors (Lipinski definition) is 0. The van der Waals surface area contributed by atoms with E-state index in [1.807, 2.05) is 18.3 Å². The Morgan fingerprint density at radius 2 is 1.97 bits per heavy atom. The Morgan fingerprint density at radius 1 is 1.14 bits per heavy atom. The third-order valence-corrected chi connectivity index (χ3v) is 7.10. The summed E-state index contributed by atoms with van der Waals surface area (Å²) in [6.07, 6.45) is 9.00. The molecule has 1 atom stereocenters. The van der Waals surface area contributed by atoms with Crippen molar-refractivity contribution in [3.05, 3.63) is 70.9 Å². The number of carbonyl (C=O) groups excluding carboxylic acids is 1. The Labute approximate surface area is 174 Å². The minimum absolute atomic E-state index is 0.160. The molecule has 1 unspecified atom stereocenters. The van der Waals surface area contributed by atoms with E-state index in [4.69, 9.17) is 11.6 Å². The average molecular weight is 409 g/mol. The normalized spacial score (nSPS) is 26.0. The molecule has 5 rings (SSSR count). The summed E-state index contributed by atoms with van der Waals surface area (Å²) in [7, 11) is 0. The molecule has 148 valence electrons. The van der Waals surface area contributed by atoms with Crippen LogP contribution in [0.4, 0.5) is 4.39 Å². The monoisotopic (exact) mass is 408 g/mol. The van der Waals surface area contributed by atoms with E-state index in [9.17, 15) is 9.18 Å². The first-order valence-electron chi connectivity index (χ1n) is 10.2. The molecule has 0 saturated heterocycles. The Kier molecular flexibility index (Phi) is 4.62. The largest absolute Gasteiger partial charge is 0.299 e. The zero-order valence-corrected chi connectivity index (χ0v) is 16.8. The number of pyridine rings is 2. The van der Waals surface area contributed by atoms with Crippen molar-refractivity contribution in [2.45, 2.75) is 44.4 Å². The smallest absolute Gasteiger partial charge is 0.142 e. The number of hydrogen-bond acceptors (Lipinski definition) is 3. The molecule has 2 heterocycles. The standard InChI is InChI=1S/C24H22ClFN2O/c25-16-1-3-18(28-14-16)12-23(29)21-13-24(21)8-5-15(6-9-24)19-7-10-27-22-4-2-17(26)11-20(19)22/h1-4,7,10-11,14-15,21H,5-6,8-9,12-13H2. The Morgan fingerprint density at radius 3 is 2.72 bits per heavy atom. The van der Waals surface area contributed by atoms with E-state index in [-0.39, 0.29) is 17.2 Å². The first-order chi connectivity index (χ1) is 14.0. The predicted octanol–water partition coefficient (Wildman–Crippen LogP) is 5.90. The van der Waals surface area contributed by atoms with Crippen LogP contribution >= 0.6 is 11.6 Å². The molecule has 1 aromatic carbocycles. The lowest BCUT2D eigenvalue weighted by molar-refractivity contribution is -0.120. The van der Waals surface area contributed by atoms with Crippen LogP contribution in [0.25, 0.3) is 10.9 Å². The molecule has 3 nitrogen and oxygen atoms in total. The van der Waals surface area contributed by atoms with Gasteiger partial charge in [0.15, 0.2) is 0 Å². The van der Waals surface area contributed by atoms with Crippen molar-refractivity contribution in [3.8, 4) is 0 Å². The number of aromatic nitrogens is 2. The number of nitrogens with zero attached hydrogens (tertiary/aromatic N) is 2. The second-order valence-corrected chi connectivity index (χ2v) is 9.00. The molecule has 3 aromatic rings. The van der Waals surface area contributed by atoms with E-state index >= 15 is 0 Å². The van der Waals surface area contributed by atoms with Crippen LogP contribution in [0.5, 0.6) is 0 Å². The van der Waals surface area contributed by atoms with Gasteiger partial charge in [0.05, 0.1) is 10.5 Å². The zero-order chi connectivity index (χ0) is 20.0. The highest BCUT2D eigenvalue weighted by molar-refractivity contribution is 6.30.